The monoisotopic (exact) mass is 397 g/mol. The third kappa shape index (κ3) is 11.8. The molecule has 0 saturated heterocycles. The summed E-state index contributed by atoms with van der Waals surface area (Å²) in [5, 5.41) is 6.68. The van der Waals surface area contributed by atoms with E-state index in [-0.39, 0.29) is 24.0 Å². The van der Waals surface area contributed by atoms with Crippen LogP contribution in [0, 0.1) is 11.8 Å². The molecule has 120 valence electrons. The zero-order chi connectivity index (χ0) is 13.9. The van der Waals surface area contributed by atoms with Gasteiger partial charge in [0.1, 0.15) is 0 Å². The van der Waals surface area contributed by atoms with Crippen molar-refractivity contribution in [2.45, 2.75) is 46.5 Å². The lowest BCUT2D eigenvalue weighted by molar-refractivity contribution is 0.109. The highest BCUT2D eigenvalue weighted by Crippen LogP contribution is 2.31. The van der Waals surface area contributed by atoms with Crippen molar-refractivity contribution in [2.75, 3.05) is 32.8 Å². The lowest BCUT2D eigenvalue weighted by atomic mass is 10.2. The molecule has 0 bridgehead atoms. The molecule has 0 aromatic heterocycles. The normalized spacial score (nSPS) is 15.1. The molecule has 1 rings (SSSR count). The molecule has 0 aliphatic heterocycles. The van der Waals surface area contributed by atoms with E-state index < -0.39 is 0 Å². The van der Waals surface area contributed by atoms with Crippen LogP contribution in [-0.4, -0.2) is 38.8 Å². The molecular weight excluding hydrogens is 365 g/mol. The number of guanidine groups is 1. The maximum absolute atomic E-state index is 5.55. The van der Waals surface area contributed by atoms with Gasteiger partial charge in [0, 0.05) is 32.8 Å². The molecule has 2 N–H and O–H groups in total. The molecule has 1 aliphatic carbocycles. The van der Waals surface area contributed by atoms with Gasteiger partial charge in [-0.2, -0.15) is 0 Å². The van der Waals surface area contributed by atoms with E-state index in [4.69, 9.17) is 4.74 Å². The summed E-state index contributed by atoms with van der Waals surface area (Å²) in [5.74, 6) is 2.54. The van der Waals surface area contributed by atoms with Crippen LogP contribution in [-0.2, 0) is 4.74 Å². The molecule has 0 atom stereocenters. The van der Waals surface area contributed by atoms with Gasteiger partial charge in [-0.15, -0.1) is 24.0 Å². The van der Waals surface area contributed by atoms with Crippen molar-refractivity contribution in [3.63, 3.8) is 0 Å². The molecule has 0 aromatic rings. The van der Waals surface area contributed by atoms with Crippen LogP contribution in [0.2, 0.25) is 0 Å². The average Bonchev–Trinajstić information content (AvgIpc) is 3.17. The summed E-state index contributed by atoms with van der Waals surface area (Å²) in [6.07, 6.45) is 5.11. The summed E-state index contributed by atoms with van der Waals surface area (Å²) < 4.78 is 5.55. The van der Waals surface area contributed by atoms with Crippen LogP contribution in [0.25, 0.3) is 0 Å². The second-order valence-corrected chi connectivity index (χ2v) is 5.74. The zero-order valence-corrected chi connectivity index (χ0v) is 15.6. The van der Waals surface area contributed by atoms with Crippen molar-refractivity contribution < 1.29 is 4.74 Å². The topological polar surface area (TPSA) is 45.7 Å². The Morgan fingerprint density at radius 1 is 1.30 bits per heavy atom. The number of nitrogens with one attached hydrogen (secondary N) is 2. The molecule has 0 unspecified atom stereocenters. The Labute approximate surface area is 141 Å². The fourth-order valence-electron chi connectivity index (χ4n) is 1.82. The molecule has 0 spiro atoms. The number of rotatable bonds is 10. The van der Waals surface area contributed by atoms with Crippen LogP contribution in [0.5, 0.6) is 0 Å². The third-order valence-corrected chi connectivity index (χ3v) is 3.05. The molecule has 0 radical (unpaired) electrons. The van der Waals surface area contributed by atoms with E-state index in [1.807, 2.05) is 0 Å². The van der Waals surface area contributed by atoms with Crippen molar-refractivity contribution in [1.29, 1.82) is 0 Å². The molecule has 1 fully saturated rings. The van der Waals surface area contributed by atoms with E-state index in [0.29, 0.717) is 5.92 Å². The van der Waals surface area contributed by atoms with Crippen LogP contribution in [0.15, 0.2) is 4.99 Å². The first-order valence-electron chi connectivity index (χ1n) is 7.82. The highest BCUT2D eigenvalue weighted by molar-refractivity contribution is 14.0. The van der Waals surface area contributed by atoms with Crippen molar-refractivity contribution >= 4 is 29.9 Å². The van der Waals surface area contributed by atoms with Gasteiger partial charge < -0.3 is 15.4 Å². The van der Waals surface area contributed by atoms with Crippen molar-refractivity contribution in [2.24, 2.45) is 16.8 Å². The van der Waals surface area contributed by atoms with E-state index in [0.717, 1.165) is 51.1 Å². The van der Waals surface area contributed by atoms with Crippen molar-refractivity contribution in [3.05, 3.63) is 0 Å². The molecular formula is C15H32IN3O. The second-order valence-electron chi connectivity index (χ2n) is 5.74. The van der Waals surface area contributed by atoms with Crippen LogP contribution < -0.4 is 10.6 Å². The second kappa shape index (κ2) is 12.7. The molecule has 5 heteroatoms. The van der Waals surface area contributed by atoms with E-state index in [9.17, 15) is 0 Å². The quantitative estimate of drug-likeness (QED) is 0.258. The van der Waals surface area contributed by atoms with E-state index >= 15 is 0 Å². The summed E-state index contributed by atoms with van der Waals surface area (Å²) in [4.78, 5) is 4.56. The Kier molecular flexibility index (Phi) is 12.7. The van der Waals surface area contributed by atoms with Gasteiger partial charge in [-0.1, -0.05) is 26.7 Å². The van der Waals surface area contributed by atoms with Gasteiger partial charge in [0.05, 0.1) is 0 Å². The smallest absolute Gasteiger partial charge is 0.191 e. The number of aliphatic imine (C=N–C) groups is 1. The minimum absolute atomic E-state index is 0. The standard InChI is InChI=1S/C15H31N3O.HI/c1-4-16-15(18-10-8-14-6-7-14)17-9-5-11-19-12-13(2)3;/h13-14H,4-12H2,1-3H3,(H2,16,17,18);1H. The highest BCUT2D eigenvalue weighted by Gasteiger charge is 2.20. The molecule has 1 aliphatic rings. The molecule has 1 saturated carbocycles. The van der Waals surface area contributed by atoms with Crippen LogP contribution in [0.4, 0.5) is 0 Å². The van der Waals surface area contributed by atoms with Gasteiger partial charge in [0.25, 0.3) is 0 Å². The summed E-state index contributed by atoms with van der Waals surface area (Å²) >= 11 is 0. The first kappa shape index (κ1) is 20.0. The summed E-state index contributed by atoms with van der Waals surface area (Å²) in [7, 11) is 0. The first-order valence-corrected chi connectivity index (χ1v) is 7.82. The Balaban J connectivity index is 0.00000361. The summed E-state index contributed by atoms with van der Waals surface area (Å²) in [5.41, 5.74) is 0. The van der Waals surface area contributed by atoms with Crippen molar-refractivity contribution in [1.82, 2.24) is 10.6 Å². The highest BCUT2D eigenvalue weighted by atomic mass is 127. The Hall–Kier alpha value is -0.0400. The number of ether oxygens (including phenoxy) is 1. The first-order chi connectivity index (χ1) is 9.22. The minimum Gasteiger partial charge on any atom is -0.381 e. The fourth-order valence-corrected chi connectivity index (χ4v) is 1.82. The fraction of sp³-hybridized carbons (Fsp3) is 0.933. The SMILES string of the molecule is CCNC(=NCCCOCC(C)C)NCCC1CC1.I. The molecule has 0 aromatic carbocycles. The maximum Gasteiger partial charge on any atom is 0.191 e. The number of halogens is 1. The van der Waals surface area contributed by atoms with Crippen LogP contribution in [0.1, 0.15) is 46.5 Å². The van der Waals surface area contributed by atoms with Gasteiger partial charge in [-0.3, -0.25) is 4.99 Å². The van der Waals surface area contributed by atoms with Gasteiger partial charge in [-0.05, 0) is 31.6 Å². The zero-order valence-electron chi connectivity index (χ0n) is 13.3. The van der Waals surface area contributed by atoms with E-state index in [2.05, 4.69) is 36.4 Å². The summed E-state index contributed by atoms with van der Waals surface area (Å²) in [6, 6.07) is 0. The number of hydrogen-bond acceptors (Lipinski definition) is 2. The third-order valence-electron chi connectivity index (χ3n) is 3.05. The lowest BCUT2D eigenvalue weighted by Gasteiger charge is -2.11. The largest absolute Gasteiger partial charge is 0.381 e. The van der Waals surface area contributed by atoms with Gasteiger partial charge in [-0.25, -0.2) is 0 Å². The van der Waals surface area contributed by atoms with Gasteiger partial charge >= 0.3 is 0 Å². The van der Waals surface area contributed by atoms with Gasteiger partial charge in [0.15, 0.2) is 5.96 Å². The Morgan fingerprint density at radius 3 is 2.65 bits per heavy atom. The number of hydrogen-bond donors (Lipinski definition) is 2. The predicted octanol–water partition coefficient (Wildman–Crippen LogP) is 3.02. The minimum atomic E-state index is 0. The van der Waals surface area contributed by atoms with E-state index in [1.54, 1.807) is 0 Å². The molecule has 4 nitrogen and oxygen atoms in total. The Bertz CT molecular complexity index is 256. The predicted molar refractivity (Wildman–Crippen MR) is 97.0 cm³/mol. The molecule has 20 heavy (non-hydrogen) atoms. The molecule has 0 heterocycles. The lowest BCUT2D eigenvalue weighted by Crippen LogP contribution is -2.38. The van der Waals surface area contributed by atoms with Crippen LogP contribution in [0.3, 0.4) is 0 Å². The van der Waals surface area contributed by atoms with Crippen molar-refractivity contribution in [3.8, 4) is 0 Å². The number of nitrogens with zero attached hydrogens (tertiary/aromatic N) is 1. The molecule has 0 amide bonds. The van der Waals surface area contributed by atoms with E-state index in [1.165, 1.54) is 19.3 Å². The average molecular weight is 397 g/mol. The van der Waals surface area contributed by atoms with Gasteiger partial charge in [0.2, 0.25) is 0 Å². The summed E-state index contributed by atoms with van der Waals surface area (Å²) in [6.45, 7) is 10.9. The Morgan fingerprint density at radius 2 is 2.05 bits per heavy atom. The maximum atomic E-state index is 5.55. The van der Waals surface area contributed by atoms with Crippen LogP contribution >= 0.6 is 24.0 Å².